The van der Waals surface area contributed by atoms with Gasteiger partial charge in [-0.3, -0.25) is 9.89 Å². The van der Waals surface area contributed by atoms with Crippen LogP contribution in [-0.2, 0) is 11.3 Å². The molecule has 0 bridgehead atoms. The fraction of sp³-hybridized carbons (Fsp3) is 0.571. The molecule has 1 saturated heterocycles. The summed E-state index contributed by atoms with van der Waals surface area (Å²) in [6.07, 6.45) is 2.28. The van der Waals surface area contributed by atoms with Gasteiger partial charge in [0.15, 0.2) is 5.96 Å². The molecule has 0 atom stereocenters. The number of likely N-dealkylation sites (tertiary alicyclic amines) is 1. The summed E-state index contributed by atoms with van der Waals surface area (Å²) < 4.78 is 5.71. The number of piperidine rings is 1. The van der Waals surface area contributed by atoms with Crippen LogP contribution in [0.2, 0.25) is 0 Å². The summed E-state index contributed by atoms with van der Waals surface area (Å²) in [4.78, 5) is 7.12. The van der Waals surface area contributed by atoms with E-state index in [1.807, 2.05) is 18.2 Å². The van der Waals surface area contributed by atoms with E-state index in [2.05, 4.69) is 53.1 Å². The molecule has 144 valence electrons. The minimum Gasteiger partial charge on any atom is -0.375 e. The predicted octanol–water partition coefficient (Wildman–Crippen LogP) is 2.80. The highest BCUT2D eigenvalue weighted by Gasteiger charge is 2.19. The van der Waals surface area contributed by atoms with Crippen LogP contribution in [0.4, 0.5) is 0 Å². The maximum Gasteiger partial charge on any atom is 0.191 e. The van der Waals surface area contributed by atoms with Gasteiger partial charge in [-0.05, 0) is 32.3 Å². The van der Waals surface area contributed by atoms with Crippen molar-refractivity contribution in [1.29, 1.82) is 0 Å². The molecule has 0 spiro atoms. The van der Waals surface area contributed by atoms with Crippen molar-refractivity contribution in [2.24, 2.45) is 4.99 Å². The number of benzene rings is 1. The van der Waals surface area contributed by atoms with E-state index in [-0.39, 0.29) is 0 Å². The van der Waals surface area contributed by atoms with Crippen LogP contribution in [0, 0.1) is 0 Å². The molecule has 5 heteroatoms. The Balaban J connectivity index is 1.68. The third kappa shape index (κ3) is 8.02. The highest BCUT2D eigenvalue weighted by atomic mass is 16.5. The third-order valence-electron chi connectivity index (χ3n) is 4.38. The van der Waals surface area contributed by atoms with Crippen LogP contribution >= 0.6 is 0 Å². The van der Waals surface area contributed by atoms with Crippen LogP contribution in [0.15, 0.2) is 47.5 Å². The zero-order valence-corrected chi connectivity index (χ0v) is 16.3. The zero-order valence-electron chi connectivity index (χ0n) is 16.3. The first kappa shape index (κ1) is 20.5. The van der Waals surface area contributed by atoms with Crippen LogP contribution in [0.25, 0.3) is 0 Å². The molecule has 0 saturated carbocycles. The van der Waals surface area contributed by atoms with Crippen molar-refractivity contribution in [2.45, 2.75) is 39.3 Å². The number of guanidine groups is 1. The minimum atomic E-state index is 0.486. The van der Waals surface area contributed by atoms with E-state index in [4.69, 9.17) is 4.74 Å². The number of nitrogens with zero attached hydrogens (tertiary/aromatic N) is 2. The Bertz CT molecular complexity index is 550. The molecular weight excluding hydrogens is 324 g/mol. The SMILES string of the molecule is C=C(C)CN1CCC(NC(=NCCOCc2ccccc2)NCC)CC1. The van der Waals surface area contributed by atoms with Crippen molar-refractivity contribution in [3.8, 4) is 0 Å². The number of rotatable bonds is 9. The normalized spacial score (nSPS) is 16.5. The van der Waals surface area contributed by atoms with Gasteiger partial charge in [0.1, 0.15) is 0 Å². The molecule has 1 heterocycles. The van der Waals surface area contributed by atoms with E-state index in [1.54, 1.807) is 0 Å². The summed E-state index contributed by atoms with van der Waals surface area (Å²) in [6, 6.07) is 10.7. The monoisotopic (exact) mass is 358 g/mol. The second kappa shape index (κ2) is 11.7. The van der Waals surface area contributed by atoms with E-state index >= 15 is 0 Å². The molecular formula is C21H34N4O. The van der Waals surface area contributed by atoms with Crippen molar-refractivity contribution in [3.05, 3.63) is 48.0 Å². The lowest BCUT2D eigenvalue weighted by atomic mass is 10.0. The molecule has 2 rings (SSSR count). The van der Waals surface area contributed by atoms with Crippen molar-refractivity contribution >= 4 is 5.96 Å². The number of nitrogens with one attached hydrogen (secondary N) is 2. The van der Waals surface area contributed by atoms with Gasteiger partial charge in [0, 0.05) is 32.2 Å². The maximum atomic E-state index is 5.71. The van der Waals surface area contributed by atoms with Crippen LogP contribution in [-0.4, -0.2) is 56.2 Å². The Hall–Kier alpha value is -1.85. The molecule has 1 fully saturated rings. The Morgan fingerprint density at radius 1 is 1.27 bits per heavy atom. The highest BCUT2D eigenvalue weighted by molar-refractivity contribution is 5.80. The third-order valence-corrected chi connectivity index (χ3v) is 4.38. The summed E-state index contributed by atoms with van der Waals surface area (Å²) in [5.41, 5.74) is 2.44. The fourth-order valence-electron chi connectivity index (χ4n) is 3.12. The lowest BCUT2D eigenvalue weighted by molar-refractivity contribution is 0.128. The summed E-state index contributed by atoms with van der Waals surface area (Å²) in [5.74, 6) is 0.897. The zero-order chi connectivity index (χ0) is 18.6. The van der Waals surface area contributed by atoms with Crippen LogP contribution < -0.4 is 10.6 Å². The minimum absolute atomic E-state index is 0.486. The van der Waals surface area contributed by atoms with E-state index in [1.165, 1.54) is 11.1 Å². The van der Waals surface area contributed by atoms with Gasteiger partial charge in [0.05, 0.1) is 19.8 Å². The molecule has 5 nitrogen and oxygen atoms in total. The molecule has 1 aromatic rings. The quantitative estimate of drug-likeness (QED) is 0.308. The fourth-order valence-corrected chi connectivity index (χ4v) is 3.12. The highest BCUT2D eigenvalue weighted by Crippen LogP contribution is 2.11. The average molecular weight is 359 g/mol. The molecule has 0 aliphatic carbocycles. The Morgan fingerprint density at radius 2 is 2.00 bits per heavy atom. The number of aliphatic imine (C=N–C) groups is 1. The maximum absolute atomic E-state index is 5.71. The molecule has 0 unspecified atom stereocenters. The molecule has 1 aromatic carbocycles. The second-order valence-electron chi connectivity index (χ2n) is 6.95. The number of hydrogen-bond acceptors (Lipinski definition) is 3. The van der Waals surface area contributed by atoms with Crippen LogP contribution in [0.5, 0.6) is 0 Å². The summed E-state index contributed by atoms with van der Waals surface area (Å²) >= 11 is 0. The number of ether oxygens (including phenoxy) is 1. The molecule has 0 radical (unpaired) electrons. The molecule has 0 aromatic heterocycles. The van der Waals surface area contributed by atoms with Gasteiger partial charge >= 0.3 is 0 Å². The van der Waals surface area contributed by atoms with Gasteiger partial charge in [-0.15, -0.1) is 0 Å². The summed E-state index contributed by atoms with van der Waals surface area (Å²) in [6.45, 7) is 14.2. The first-order chi connectivity index (χ1) is 12.7. The largest absolute Gasteiger partial charge is 0.375 e. The summed E-state index contributed by atoms with van der Waals surface area (Å²) in [7, 11) is 0. The first-order valence-corrected chi connectivity index (χ1v) is 9.70. The van der Waals surface area contributed by atoms with Crippen LogP contribution in [0.3, 0.4) is 0 Å². The average Bonchev–Trinajstić information content (AvgIpc) is 2.63. The van der Waals surface area contributed by atoms with Gasteiger partial charge in [0.25, 0.3) is 0 Å². The van der Waals surface area contributed by atoms with Gasteiger partial charge in [0.2, 0.25) is 0 Å². The first-order valence-electron chi connectivity index (χ1n) is 9.70. The standard InChI is InChI=1S/C21H34N4O/c1-4-22-21(23-12-15-26-17-19-8-6-5-7-9-19)24-20-10-13-25(14-11-20)16-18(2)3/h5-9,20H,2,4,10-17H2,1,3H3,(H2,22,23,24). The predicted molar refractivity (Wildman–Crippen MR) is 109 cm³/mol. The Labute approximate surface area is 158 Å². The van der Waals surface area contributed by atoms with Crippen molar-refractivity contribution in [1.82, 2.24) is 15.5 Å². The van der Waals surface area contributed by atoms with Crippen molar-refractivity contribution in [2.75, 3.05) is 39.3 Å². The smallest absolute Gasteiger partial charge is 0.191 e. The van der Waals surface area contributed by atoms with E-state index in [9.17, 15) is 0 Å². The molecule has 2 N–H and O–H groups in total. The molecule has 1 aliphatic rings. The van der Waals surface area contributed by atoms with E-state index in [0.717, 1.165) is 45.0 Å². The molecule has 1 aliphatic heterocycles. The van der Waals surface area contributed by atoms with Gasteiger partial charge < -0.3 is 15.4 Å². The van der Waals surface area contributed by atoms with Gasteiger partial charge in [-0.25, -0.2) is 0 Å². The molecule has 0 amide bonds. The van der Waals surface area contributed by atoms with Crippen molar-refractivity contribution < 1.29 is 4.74 Å². The van der Waals surface area contributed by atoms with E-state index in [0.29, 0.717) is 25.8 Å². The van der Waals surface area contributed by atoms with Gasteiger partial charge in [-0.2, -0.15) is 0 Å². The van der Waals surface area contributed by atoms with E-state index < -0.39 is 0 Å². The number of hydrogen-bond donors (Lipinski definition) is 2. The second-order valence-corrected chi connectivity index (χ2v) is 6.95. The Kier molecular flexibility index (Phi) is 9.21. The molecule has 26 heavy (non-hydrogen) atoms. The summed E-state index contributed by atoms with van der Waals surface area (Å²) in [5, 5.41) is 6.91. The van der Waals surface area contributed by atoms with Gasteiger partial charge in [-0.1, -0.05) is 42.5 Å². The van der Waals surface area contributed by atoms with Crippen LogP contribution in [0.1, 0.15) is 32.3 Å². The Morgan fingerprint density at radius 3 is 2.65 bits per heavy atom. The topological polar surface area (TPSA) is 48.9 Å². The lowest BCUT2D eigenvalue weighted by Crippen LogP contribution is -2.49. The lowest BCUT2D eigenvalue weighted by Gasteiger charge is -2.33. The van der Waals surface area contributed by atoms with Crippen molar-refractivity contribution in [3.63, 3.8) is 0 Å².